The van der Waals surface area contributed by atoms with Crippen LogP contribution in [0.15, 0.2) is 36.5 Å². The Morgan fingerprint density at radius 1 is 1.21 bits per heavy atom. The zero-order chi connectivity index (χ0) is 13.8. The first kappa shape index (κ1) is 13.3. The quantitative estimate of drug-likeness (QED) is 0.918. The van der Waals surface area contributed by atoms with Crippen LogP contribution < -0.4 is 15.2 Å². The molecule has 0 radical (unpaired) electrons. The van der Waals surface area contributed by atoms with E-state index in [1.54, 1.807) is 30.5 Å². The van der Waals surface area contributed by atoms with Crippen LogP contribution in [0.3, 0.4) is 0 Å². The third-order valence-corrected chi connectivity index (χ3v) is 2.86. The summed E-state index contributed by atoms with van der Waals surface area (Å²) in [6, 6.07) is 7.33. The molecule has 2 aromatic rings. The van der Waals surface area contributed by atoms with Gasteiger partial charge in [-0.25, -0.2) is 4.39 Å². The van der Waals surface area contributed by atoms with E-state index in [1.807, 2.05) is 0 Å². The minimum Gasteiger partial charge on any atom is -0.497 e. The van der Waals surface area contributed by atoms with E-state index in [0.717, 1.165) is 0 Å². The molecule has 2 rings (SSSR count). The average Bonchev–Trinajstić information content (AvgIpc) is 2.46. The topological polar surface area (TPSA) is 57.4 Å². The molecule has 2 N–H and O–H groups in total. The molecule has 0 amide bonds. The van der Waals surface area contributed by atoms with Crippen molar-refractivity contribution < 1.29 is 13.9 Å². The molecule has 0 aliphatic heterocycles. The monoisotopic (exact) mass is 262 g/mol. The molecule has 1 atom stereocenters. The third-order valence-electron chi connectivity index (χ3n) is 2.86. The van der Waals surface area contributed by atoms with Crippen LogP contribution in [-0.4, -0.2) is 19.2 Å². The Hall–Kier alpha value is -2.14. The molecule has 0 saturated heterocycles. The van der Waals surface area contributed by atoms with Crippen molar-refractivity contribution in [1.29, 1.82) is 0 Å². The van der Waals surface area contributed by atoms with Crippen LogP contribution in [0.1, 0.15) is 17.3 Å². The van der Waals surface area contributed by atoms with Gasteiger partial charge in [-0.2, -0.15) is 0 Å². The molecule has 1 aromatic heterocycles. The molecule has 1 heterocycles. The number of aromatic nitrogens is 1. The summed E-state index contributed by atoms with van der Waals surface area (Å²) in [5.41, 5.74) is 6.90. The maximum absolute atomic E-state index is 14.0. The van der Waals surface area contributed by atoms with Crippen LogP contribution in [0.5, 0.6) is 11.5 Å². The highest BCUT2D eigenvalue weighted by atomic mass is 19.1. The first-order valence-corrected chi connectivity index (χ1v) is 5.75. The Morgan fingerprint density at radius 2 is 2.00 bits per heavy atom. The highest BCUT2D eigenvalue weighted by molar-refractivity contribution is 5.39. The maximum atomic E-state index is 14.0. The Labute approximate surface area is 111 Å². The molecule has 0 aliphatic carbocycles. The van der Waals surface area contributed by atoms with Crippen molar-refractivity contribution in [3.8, 4) is 11.5 Å². The molecule has 0 bridgehead atoms. The molecular formula is C14H15FN2O2. The van der Waals surface area contributed by atoms with Gasteiger partial charge < -0.3 is 15.2 Å². The summed E-state index contributed by atoms with van der Waals surface area (Å²) in [4.78, 5) is 4.16. The van der Waals surface area contributed by atoms with Gasteiger partial charge in [0, 0.05) is 17.8 Å². The SMILES string of the molecule is COc1ccc(C(N)c2ncccc2OC)c(F)c1. The largest absolute Gasteiger partial charge is 0.497 e. The van der Waals surface area contributed by atoms with E-state index >= 15 is 0 Å². The molecule has 1 unspecified atom stereocenters. The van der Waals surface area contributed by atoms with E-state index in [1.165, 1.54) is 20.3 Å². The van der Waals surface area contributed by atoms with E-state index in [2.05, 4.69) is 4.98 Å². The van der Waals surface area contributed by atoms with Gasteiger partial charge in [-0.15, -0.1) is 0 Å². The summed E-state index contributed by atoms with van der Waals surface area (Å²) in [6.07, 6.45) is 1.60. The molecule has 100 valence electrons. The van der Waals surface area contributed by atoms with E-state index in [4.69, 9.17) is 15.2 Å². The fraction of sp³-hybridized carbons (Fsp3) is 0.214. The van der Waals surface area contributed by atoms with Gasteiger partial charge in [0.15, 0.2) is 0 Å². The van der Waals surface area contributed by atoms with Crippen LogP contribution in [0.2, 0.25) is 0 Å². The number of halogens is 1. The summed E-state index contributed by atoms with van der Waals surface area (Å²) in [5, 5.41) is 0. The Balaban J connectivity index is 2.41. The van der Waals surface area contributed by atoms with Gasteiger partial charge in [0.25, 0.3) is 0 Å². The Kier molecular flexibility index (Phi) is 3.97. The van der Waals surface area contributed by atoms with Gasteiger partial charge in [-0.3, -0.25) is 4.98 Å². The minimum absolute atomic E-state index is 0.345. The smallest absolute Gasteiger partial charge is 0.142 e. The molecule has 1 aromatic carbocycles. The number of hydrogen-bond donors (Lipinski definition) is 1. The van der Waals surface area contributed by atoms with Crippen molar-refractivity contribution in [2.24, 2.45) is 5.73 Å². The Bertz CT molecular complexity index is 575. The fourth-order valence-corrected chi connectivity index (χ4v) is 1.84. The van der Waals surface area contributed by atoms with E-state index in [9.17, 15) is 4.39 Å². The first-order chi connectivity index (χ1) is 9.17. The number of rotatable bonds is 4. The molecule has 19 heavy (non-hydrogen) atoms. The number of methoxy groups -OCH3 is 2. The average molecular weight is 262 g/mol. The van der Waals surface area contributed by atoms with Gasteiger partial charge in [-0.05, 0) is 18.2 Å². The number of nitrogens with zero attached hydrogens (tertiary/aromatic N) is 1. The van der Waals surface area contributed by atoms with Crippen molar-refractivity contribution in [2.75, 3.05) is 14.2 Å². The zero-order valence-electron chi connectivity index (χ0n) is 10.8. The molecule has 0 saturated carbocycles. The number of nitrogens with two attached hydrogens (primary N) is 1. The Morgan fingerprint density at radius 3 is 2.63 bits per heavy atom. The lowest BCUT2D eigenvalue weighted by molar-refractivity contribution is 0.403. The summed E-state index contributed by atoms with van der Waals surface area (Å²) in [7, 11) is 3.01. The highest BCUT2D eigenvalue weighted by Gasteiger charge is 2.19. The van der Waals surface area contributed by atoms with Crippen LogP contribution in [0, 0.1) is 5.82 Å². The second-order valence-electron chi connectivity index (χ2n) is 3.96. The molecule has 0 spiro atoms. The number of hydrogen-bond acceptors (Lipinski definition) is 4. The van der Waals surface area contributed by atoms with Crippen molar-refractivity contribution >= 4 is 0 Å². The van der Waals surface area contributed by atoms with Crippen molar-refractivity contribution in [2.45, 2.75) is 6.04 Å². The first-order valence-electron chi connectivity index (χ1n) is 5.75. The van der Waals surface area contributed by atoms with Crippen molar-refractivity contribution in [3.63, 3.8) is 0 Å². The van der Waals surface area contributed by atoms with Gasteiger partial charge in [0.05, 0.1) is 20.3 Å². The van der Waals surface area contributed by atoms with Crippen LogP contribution in [0.4, 0.5) is 4.39 Å². The lowest BCUT2D eigenvalue weighted by atomic mass is 10.0. The van der Waals surface area contributed by atoms with Crippen LogP contribution in [0.25, 0.3) is 0 Å². The summed E-state index contributed by atoms with van der Waals surface area (Å²) in [6.45, 7) is 0. The third kappa shape index (κ3) is 2.66. The van der Waals surface area contributed by atoms with E-state index in [-0.39, 0.29) is 0 Å². The molecule has 5 heteroatoms. The minimum atomic E-state index is -0.693. The predicted octanol–water partition coefficient (Wildman–Crippen LogP) is 2.29. The second kappa shape index (κ2) is 5.67. The van der Waals surface area contributed by atoms with Crippen LogP contribution >= 0.6 is 0 Å². The number of pyridine rings is 1. The number of benzene rings is 1. The van der Waals surface area contributed by atoms with Crippen LogP contribution in [-0.2, 0) is 0 Å². The van der Waals surface area contributed by atoms with E-state index < -0.39 is 11.9 Å². The second-order valence-corrected chi connectivity index (χ2v) is 3.96. The molecule has 0 fully saturated rings. The number of ether oxygens (including phenoxy) is 2. The normalized spacial score (nSPS) is 12.0. The molecule has 0 aliphatic rings. The predicted molar refractivity (Wildman–Crippen MR) is 69.8 cm³/mol. The van der Waals surface area contributed by atoms with E-state index in [0.29, 0.717) is 22.8 Å². The molecule has 4 nitrogen and oxygen atoms in total. The summed E-state index contributed by atoms with van der Waals surface area (Å²) in [5.74, 6) is 0.547. The lowest BCUT2D eigenvalue weighted by Crippen LogP contribution is -2.16. The van der Waals surface area contributed by atoms with Gasteiger partial charge in [-0.1, -0.05) is 6.07 Å². The summed E-state index contributed by atoms with van der Waals surface area (Å²) < 4.78 is 24.1. The van der Waals surface area contributed by atoms with Gasteiger partial charge in [0.2, 0.25) is 0 Å². The molecular weight excluding hydrogens is 247 g/mol. The summed E-state index contributed by atoms with van der Waals surface area (Å²) >= 11 is 0. The van der Waals surface area contributed by atoms with Gasteiger partial charge in [0.1, 0.15) is 23.0 Å². The van der Waals surface area contributed by atoms with Gasteiger partial charge >= 0.3 is 0 Å². The van der Waals surface area contributed by atoms with Crippen molar-refractivity contribution in [1.82, 2.24) is 4.98 Å². The van der Waals surface area contributed by atoms with Crippen molar-refractivity contribution in [3.05, 3.63) is 53.6 Å². The zero-order valence-corrected chi connectivity index (χ0v) is 10.8. The maximum Gasteiger partial charge on any atom is 0.142 e. The highest BCUT2D eigenvalue weighted by Crippen LogP contribution is 2.29. The standard InChI is InChI=1S/C14H15FN2O2/c1-18-9-5-6-10(11(15)8-9)13(16)14-12(19-2)4-3-7-17-14/h3-8,13H,16H2,1-2H3. The fourth-order valence-electron chi connectivity index (χ4n) is 1.84. The lowest BCUT2D eigenvalue weighted by Gasteiger charge is -2.15.